The summed E-state index contributed by atoms with van der Waals surface area (Å²) in [6.45, 7) is 11.2. The summed E-state index contributed by atoms with van der Waals surface area (Å²) < 4.78 is 10.9. The Kier molecular flexibility index (Phi) is 14.9. The first-order valence-electron chi connectivity index (χ1n) is 12.7. The second-order valence-electron chi connectivity index (χ2n) is 10.4. The maximum atomic E-state index is 10.00. The standard InChI is InChI=1S/C26H50O6/c1-18(2)9-6-10-19(3)11-7-12-20(4)13-8-14-21(5)15-16-31-26-25(30)24(29)23(28)22(17-27)32-26/h15,18-20,22-30H,6-14,16-17H2,1-5H3/t19?,20?,22-,23-,24+,25-,26?/m1/s1. The fourth-order valence-corrected chi connectivity index (χ4v) is 4.30. The van der Waals surface area contributed by atoms with Crippen molar-refractivity contribution in [3.8, 4) is 0 Å². The molecule has 1 aliphatic rings. The lowest BCUT2D eigenvalue weighted by Gasteiger charge is -2.39. The molecule has 1 rings (SSSR count). The second kappa shape index (κ2) is 16.2. The Morgan fingerprint density at radius 1 is 0.844 bits per heavy atom. The van der Waals surface area contributed by atoms with E-state index in [0.29, 0.717) is 0 Å². The third-order valence-corrected chi connectivity index (χ3v) is 6.68. The molecule has 32 heavy (non-hydrogen) atoms. The normalized spacial score (nSPS) is 28.8. The van der Waals surface area contributed by atoms with Crippen LogP contribution < -0.4 is 0 Å². The number of aliphatic hydroxyl groups is 4. The van der Waals surface area contributed by atoms with Crippen molar-refractivity contribution in [3.05, 3.63) is 11.6 Å². The molecule has 0 radical (unpaired) electrons. The summed E-state index contributed by atoms with van der Waals surface area (Å²) >= 11 is 0. The third-order valence-electron chi connectivity index (χ3n) is 6.68. The molecule has 3 unspecified atom stereocenters. The monoisotopic (exact) mass is 458 g/mol. The molecule has 7 atom stereocenters. The molecule has 4 N–H and O–H groups in total. The van der Waals surface area contributed by atoms with E-state index < -0.39 is 37.3 Å². The van der Waals surface area contributed by atoms with Crippen molar-refractivity contribution in [2.24, 2.45) is 17.8 Å². The molecule has 1 heterocycles. The van der Waals surface area contributed by atoms with E-state index in [9.17, 15) is 20.4 Å². The highest BCUT2D eigenvalue weighted by Crippen LogP contribution is 2.23. The third kappa shape index (κ3) is 11.6. The van der Waals surface area contributed by atoms with Crippen molar-refractivity contribution in [2.75, 3.05) is 13.2 Å². The van der Waals surface area contributed by atoms with Crippen LogP contribution in [-0.4, -0.2) is 64.3 Å². The molecule has 0 bridgehead atoms. The first kappa shape index (κ1) is 29.5. The Morgan fingerprint density at radius 3 is 1.97 bits per heavy atom. The van der Waals surface area contributed by atoms with Gasteiger partial charge < -0.3 is 29.9 Å². The van der Waals surface area contributed by atoms with Gasteiger partial charge in [-0.15, -0.1) is 0 Å². The van der Waals surface area contributed by atoms with E-state index in [0.717, 1.165) is 30.6 Å². The molecular formula is C26H50O6. The van der Waals surface area contributed by atoms with E-state index in [2.05, 4.69) is 34.6 Å². The zero-order valence-electron chi connectivity index (χ0n) is 21.1. The van der Waals surface area contributed by atoms with Gasteiger partial charge in [0.25, 0.3) is 0 Å². The molecule has 0 aromatic heterocycles. The summed E-state index contributed by atoms with van der Waals surface area (Å²) in [5, 5.41) is 38.8. The molecule has 0 amide bonds. The largest absolute Gasteiger partial charge is 0.394 e. The van der Waals surface area contributed by atoms with Gasteiger partial charge in [-0.25, -0.2) is 0 Å². The van der Waals surface area contributed by atoms with Crippen molar-refractivity contribution in [2.45, 2.75) is 123 Å². The van der Waals surface area contributed by atoms with Gasteiger partial charge in [0.15, 0.2) is 6.29 Å². The minimum absolute atomic E-state index is 0.249. The van der Waals surface area contributed by atoms with Crippen LogP contribution in [0.15, 0.2) is 11.6 Å². The average molecular weight is 459 g/mol. The lowest BCUT2D eigenvalue weighted by molar-refractivity contribution is -0.298. The van der Waals surface area contributed by atoms with Gasteiger partial charge in [0.2, 0.25) is 0 Å². The molecule has 6 heteroatoms. The van der Waals surface area contributed by atoms with Crippen LogP contribution in [0.2, 0.25) is 0 Å². The number of allylic oxidation sites excluding steroid dienone is 1. The van der Waals surface area contributed by atoms with Gasteiger partial charge >= 0.3 is 0 Å². The lowest BCUT2D eigenvalue weighted by Crippen LogP contribution is -2.59. The van der Waals surface area contributed by atoms with Gasteiger partial charge in [0.05, 0.1) is 13.2 Å². The summed E-state index contributed by atoms with van der Waals surface area (Å²) in [6.07, 6.45) is 7.27. The summed E-state index contributed by atoms with van der Waals surface area (Å²) in [5.41, 5.74) is 1.22. The Balaban J connectivity index is 2.17. The summed E-state index contributed by atoms with van der Waals surface area (Å²) in [5.74, 6) is 2.41. The molecule has 0 aliphatic carbocycles. The average Bonchev–Trinajstić information content (AvgIpc) is 2.73. The minimum atomic E-state index is -1.40. The SMILES string of the molecule is CC(=CCOC1O[C@H](CO)[C@@H](O)[C@H](O)[C@H]1O)CCCC(C)CCCC(C)CCCC(C)C. The van der Waals surface area contributed by atoms with Crippen LogP contribution in [0.3, 0.4) is 0 Å². The number of ether oxygens (including phenoxy) is 2. The van der Waals surface area contributed by atoms with Crippen LogP contribution >= 0.6 is 0 Å². The summed E-state index contributed by atoms with van der Waals surface area (Å²) in [6, 6.07) is 0. The minimum Gasteiger partial charge on any atom is -0.394 e. The van der Waals surface area contributed by atoms with E-state index >= 15 is 0 Å². The Bertz CT molecular complexity index is 507. The van der Waals surface area contributed by atoms with Crippen molar-refractivity contribution < 1.29 is 29.9 Å². The molecule has 0 aromatic carbocycles. The predicted octanol–water partition coefficient (Wildman–Crippen LogP) is 4.19. The first-order chi connectivity index (χ1) is 15.1. The van der Waals surface area contributed by atoms with E-state index in [-0.39, 0.29) is 6.61 Å². The van der Waals surface area contributed by atoms with Crippen molar-refractivity contribution in [1.82, 2.24) is 0 Å². The Morgan fingerprint density at radius 2 is 1.41 bits per heavy atom. The molecule has 0 aromatic rings. The molecule has 1 fully saturated rings. The van der Waals surface area contributed by atoms with Gasteiger partial charge in [-0.3, -0.25) is 0 Å². The van der Waals surface area contributed by atoms with Gasteiger partial charge in [-0.2, -0.15) is 0 Å². The van der Waals surface area contributed by atoms with Gasteiger partial charge in [0.1, 0.15) is 24.4 Å². The van der Waals surface area contributed by atoms with Crippen LogP contribution in [-0.2, 0) is 9.47 Å². The van der Waals surface area contributed by atoms with Crippen LogP contribution in [0, 0.1) is 17.8 Å². The number of hydrogen-bond acceptors (Lipinski definition) is 6. The Hall–Kier alpha value is -0.500. The molecule has 1 aliphatic heterocycles. The maximum Gasteiger partial charge on any atom is 0.187 e. The Labute approximate surface area is 196 Å². The maximum absolute atomic E-state index is 10.00. The highest BCUT2D eigenvalue weighted by molar-refractivity contribution is 4.98. The fraction of sp³-hybridized carbons (Fsp3) is 0.923. The van der Waals surface area contributed by atoms with E-state index in [4.69, 9.17) is 9.47 Å². The summed E-state index contributed by atoms with van der Waals surface area (Å²) in [4.78, 5) is 0. The lowest BCUT2D eigenvalue weighted by atomic mass is 9.91. The van der Waals surface area contributed by atoms with E-state index in [1.54, 1.807) is 0 Å². The molecule has 6 nitrogen and oxygen atoms in total. The number of hydrogen-bond donors (Lipinski definition) is 4. The van der Waals surface area contributed by atoms with Crippen molar-refractivity contribution in [1.29, 1.82) is 0 Å². The zero-order chi connectivity index (χ0) is 24.1. The number of aliphatic hydroxyl groups excluding tert-OH is 4. The molecule has 190 valence electrons. The number of rotatable bonds is 16. The van der Waals surface area contributed by atoms with Gasteiger partial charge in [-0.05, 0) is 37.5 Å². The first-order valence-corrected chi connectivity index (χ1v) is 12.7. The van der Waals surface area contributed by atoms with E-state index in [1.165, 1.54) is 50.5 Å². The highest BCUT2D eigenvalue weighted by Gasteiger charge is 2.43. The van der Waals surface area contributed by atoms with Crippen molar-refractivity contribution >= 4 is 0 Å². The second-order valence-corrected chi connectivity index (χ2v) is 10.4. The van der Waals surface area contributed by atoms with Crippen LogP contribution in [0.1, 0.15) is 92.4 Å². The molecular weight excluding hydrogens is 408 g/mol. The van der Waals surface area contributed by atoms with Gasteiger partial charge in [-0.1, -0.05) is 84.3 Å². The predicted molar refractivity (Wildman–Crippen MR) is 128 cm³/mol. The quantitative estimate of drug-likeness (QED) is 0.259. The van der Waals surface area contributed by atoms with E-state index in [1.807, 2.05) is 6.08 Å². The topological polar surface area (TPSA) is 99.4 Å². The molecule has 0 saturated carbocycles. The summed E-state index contributed by atoms with van der Waals surface area (Å²) in [7, 11) is 0. The molecule has 0 spiro atoms. The van der Waals surface area contributed by atoms with Crippen LogP contribution in [0.5, 0.6) is 0 Å². The highest BCUT2D eigenvalue weighted by atomic mass is 16.7. The fourth-order valence-electron chi connectivity index (χ4n) is 4.30. The smallest absolute Gasteiger partial charge is 0.187 e. The zero-order valence-corrected chi connectivity index (χ0v) is 21.1. The van der Waals surface area contributed by atoms with Crippen LogP contribution in [0.25, 0.3) is 0 Å². The van der Waals surface area contributed by atoms with Crippen LogP contribution in [0.4, 0.5) is 0 Å². The molecule has 1 saturated heterocycles. The van der Waals surface area contributed by atoms with Gasteiger partial charge in [0, 0.05) is 0 Å². The van der Waals surface area contributed by atoms with Crippen molar-refractivity contribution in [3.63, 3.8) is 0 Å².